The lowest BCUT2D eigenvalue weighted by molar-refractivity contribution is 0.547. The number of hydrogen-bond acceptors (Lipinski definition) is 1. The third kappa shape index (κ3) is 3.44. The van der Waals surface area contributed by atoms with E-state index >= 15 is 0 Å². The molecule has 0 aliphatic heterocycles. The molecular weight excluding hydrogens is 237 g/mol. The van der Waals surface area contributed by atoms with E-state index in [0.717, 1.165) is 0 Å². The summed E-state index contributed by atoms with van der Waals surface area (Å²) >= 11 is 2.39. The first-order valence-corrected chi connectivity index (χ1v) is 4.70. The van der Waals surface area contributed by atoms with Crippen molar-refractivity contribution in [1.82, 2.24) is 4.90 Å². The number of hydrogen-bond donors (Lipinski definition) is 0. The minimum atomic E-state index is 1.22. The summed E-state index contributed by atoms with van der Waals surface area (Å²) < 4.78 is 1.37. The summed E-state index contributed by atoms with van der Waals surface area (Å²) in [6.45, 7) is 4.41. The van der Waals surface area contributed by atoms with Crippen molar-refractivity contribution in [3.8, 4) is 0 Å². The van der Waals surface area contributed by atoms with E-state index in [4.69, 9.17) is 0 Å². The van der Waals surface area contributed by atoms with Gasteiger partial charge in [0.15, 0.2) is 0 Å². The average Bonchev–Trinajstić information content (AvgIpc) is 1.87. The maximum absolute atomic E-state index is 2.39. The fourth-order valence-electron chi connectivity index (χ4n) is 0.860. The van der Waals surface area contributed by atoms with Crippen molar-refractivity contribution < 1.29 is 0 Å². The van der Waals surface area contributed by atoms with Gasteiger partial charge in [0.05, 0.1) is 3.70 Å². The minimum absolute atomic E-state index is 1.22. The summed E-state index contributed by atoms with van der Waals surface area (Å²) in [7, 11) is 4.17. The normalized spacial score (nSPS) is 12.9. The van der Waals surface area contributed by atoms with E-state index in [2.05, 4.69) is 55.4 Å². The van der Waals surface area contributed by atoms with Gasteiger partial charge in [0.1, 0.15) is 0 Å². The van der Waals surface area contributed by atoms with Gasteiger partial charge in [-0.3, -0.25) is 0 Å². The van der Waals surface area contributed by atoms with E-state index in [1.807, 2.05) is 0 Å². The van der Waals surface area contributed by atoms with E-state index in [0.29, 0.717) is 0 Å². The monoisotopic (exact) mass is 253 g/mol. The SMILES string of the molecule is CCCC(C)=C(I)N(C)C. The molecule has 0 aliphatic carbocycles. The van der Waals surface area contributed by atoms with E-state index in [9.17, 15) is 0 Å². The molecule has 0 aromatic carbocycles. The van der Waals surface area contributed by atoms with Crippen LogP contribution in [0, 0.1) is 0 Å². The number of nitrogens with zero attached hydrogens (tertiary/aromatic N) is 1. The van der Waals surface area contributed by atoms with Crippen LogP contribution in [-0.4, -0.2) is 19.0 Å². The fourth-order valence-corrected chi connectivity index (χ4v) is 1.13. The molecule has 0 rings (SSSR count). The summed E-state index contributed by atoms with van der Waals surface area (Å²) in [5.74, 6) is 0. The predicted octanol–water partition coefficient (Wildman–Crippen LogP) is 3.01. The molecule has 0 spiro atoms. The Balaban J connectivity index is 4.05. The standard InChI is InChI=1S/C8H16IN/c1-5-6-7(2)8(9)10(3)4/h5-6H2,1-4H3. The Morgan fingerprint density at radius 3 is 2.20 bits per heavy atom. The van der Waals surface area contributed by atoms with Crippen LogP contribution in [0.2, 0.25) is 0 Å². The maximum Gasteiger partial charge on any atom is 0.0741 e. The van der Waals surface area contributed by atoms with Crippen LogP contribution in [0.4, 0.5) is 0 Å². The molecule has 60 valence electrons. The van der Waals surface area contributed by atoms with Gasteiger partial charge in [0.25, 0.3) is 0 Å². The topological polar surface area (TPSA) is 3.24 Å². The predicted molar refractivity (Wildman–Crippen MR) is 55.3 cm³/mol. The Labute approximate surface area is 77.6 Å². The van der Waals surface area contributed by atoms with E-state index in [-0.39, 0.29) is 0 Å². The molecule has 0 fully saturated rings. The Morgan fingerprint density at radius 1 is 1.40 bits per heavy atom. The summed E-state index contributed by atoms with van der Waals surface area (Å²) in [4.78, 5) is 2.16. The Bertz CT molecular complexity index is 127. The second-order valence-electron chi connectivity index (χ2n) is 2.72. The van der Waals surface area contributed by atoms with Gasteiger partial charge in [0.2, 0.25) is 0 Å². The molecule has 0 atom stereocenters. The minimum Gasteiger partial charge on any atom is -0.373 e. The van der Waals surface area contributed by atoms with Crippen molar-refractivity contribution >= 4 is 22.6 Å². The van der Waals surface area contributed by atoms with Crippen LogP contribution in [0.25, 0.3) is 0 Å². The van der Waals surface area contributed by atoms with Crippen molar-refractivity contribution in [1.29, 1.82) is 0 Å². The Kier molecular flexibility index (Phi) is 5.13. The lowest BCUT2D eigenvalue weighted by Gasteiger charge is -2.13. The van der Waals surface area contributed by atoms with Crippen LogP contribution in [-0.2, 0) is 0 Å². The second kappa shape index (κ2) is 4.99. The second-order valence-corrected chi connectivity index (χ2v) is 3.74. The van der Waals surface area contributed by atoms with Crippen LogP contribution in [0.3, 0.4) is 0 Å². The molecule has 1 nitrogen and oxygen atoms in total. The lowest BCUT2D eigenvalue weighted by atomic mass is 10.2. The molecule has 0 heterocycles. The third-order valence-electron chi connectivity index (χ3n) is 1.37. The molecule has 10 heavy (non-hydrogen) atoms. The molecule has 0 aliphatic rings. The van der Waals surface area contributed by atoms with Crippen molar-refractivity contribution in [3.05, 3.63) is 9.28 Å². The fraction of sp³-hybridized carbons (Fsp3) is 0.750. The zero-order valence-electron chi connectivity index (χ0n) is 7.24. The highest BCUT2D eigenvalue weighted by molar-refractivity contribution is 14.1. The molecule has 0 unspecified atom stereocenters. The van der Waals surface area contributed by atoms with Crippen molar-refractivity contribution in [2.75, 3.05) is 14.1 Å². The third-order valence-corrected chi connectivity index (χ3v) is 3.26. The van der Waals surface area contributed by atoms with Crippen LogP contribution in [0.1, 0.15) is 26.7 Å². The van der Waals surface area contributed by atoms with Crippen molar-refractivity contribution in [2.45, 2.75) is 26.7 Å². The first-order chi connectivity index (χ1) is 4.59. The zero-order chi connectivity index (χ0) is 8.15. The van der Waals surface area contributed by atoms with Crippen molar-refractivity contribution in [3.63, 3.8) is 0 Å². The summed E-state index contributed by atoms with van der Waals surface area (Å²) in [5, 5.41) is 0. The largest absolute Gasteiger partial charge is 0.373 e. The first-order valence-electron chi connectivity index (χ1n) is 3.62. The summed E-state index contributed by atoms with van der Waals surface area (Å²) in [5.41, 5.74) is 1.49. The van der Waals surface area contributed by atoms with Crippen molar-refractivity contribution in [2.24, 2.45) is 0 Å². The highest BCUT2D eigenvalue weighted by Crippen LogP contribution is 2.18. The van der Waals surface area contributed by atoms with Gasteiger partial charge in [0, 0.05) is 14.1 Å². The molecular formula is C8H16IN. The number of allylic oxidation sites excluding steroid dienone is 1. The molecule has 0 N–H and O–H groups in total. The lowest BCUT2D eigenvalue weighted by Crippen LogP contribution is -2.07. The smallest absolute Gasteiger partial charge is 0.0741 e. The van der Waals surface area contributed by atoms with Gasteiger partial charge in [-0.1, -0.05) is 13.3 Å². The molecule has 0 saturated heterocycles. The molecule has 0 bridgehead atoms. The highest BCUT2D eigenvalue weighted by atomic mass is 127. The Hall–Kier alpha value is 0.270. The van der Waals surface area contributed by atoms with E-state index in [1.165, 1.54) is 22.1 Å². The van der Waals surface area contributed by atoms with Crippen LogP contribution < -0.4 is 0 Å². The molecule has 0 aromatic heterocycles. The quantitative estimate of drug-likeness (QED) is 0.552. The summed E-state index contributed by atoms with van der Waals surface area (Å²) in [6, 6.07) is 0. The molecule has 0 radical (unpaired) electrons. The van der Waals surface area contributed by atoms with E-state index in [1.54, 1.807) is 0 Å². The molecule has 0 amide bonds. The zero-order valence-corrected chi connectivity index (χ0v) is 9.40. The van der Waals surface area contributed by atoms with Gasteiger partial charge < -0.3 is 4.90 Å². The van der Waals surface area contributed by atoms with Gasteiger partial charge in [-0.05, 0) is 41.5 Å². The van der Waals surface area contributed by atoms with Gasteiger partial charge in [-0.2, -0.15) is 0 Å². The van der Waals surface area contributed by atoms with Crippen LogP contribution in [0.15, 0.2) is 9.28 Å². The maximum atomic E-state index is 2.39. The van der Waals surface area contributed by atoms with Crippen LogP contribution in [0.5, 0.6) is 0 Å². The first kappa shape index (κ1) is 10.3. The number of halogens is 1. The molecule has 0 saturated carbocycles. The van der Waals surface area contributed by atoms with E-state index < -0.39 is 0 Å². The van der Waals surface area contributed by atoms with Gasteiger partial charge in [-0.25, -0.2) is 0 Å². The average molecular weight is 253 g/mol. The van der Waals surface area contributed by atoms with Gasteiger partial charge >= 0.3 is 0 Å². The number of rotatable bonds is 3. The van der Waals surface area contributed by atoms with Crippen LogP contribution >= 0.6 is 22.6 Å². The summed E-state index contributed by atoms with van der Waals surface area (Å²) in [6.07, 6.45) is 2.46. The molecule has 0 aromatic rings. The molecule has 2 heteroatoms. The highest BCUT2D eigenvalue weighted by Gasteiger charge is 1.98. The Morgan fingerprint density at radius 2 is 1.90 bits per heavy atom. The van der Waals surface area contributed by atoms with Gasteiger partial charge in [-0.15, -0.1) is 0 Å².